The highest BCUT2D eigenvalue weighted by atomic mass is 19.1. The lowest BCUT2D eigenvalue weighted by molar-refractivity contribution is 0.613. The largest absolute Gasteiger partial charge is 0.207 e. The summed E-state index contributed by atoms with van der Waals surface area (Å²) in [4.78, 5) is 0. The van der Waals surface area contributed by atoms with Crippen molar-refractivity contribution in [2.24, 2.45) is 0 Å². The highest BCUT2D eigenvalue weighted by Crippen LogP contribution is 2.23. The minimum absolute atomic E-state index is 0.184. The molecule has 1 rings (SSSR count). The van der Waals surface area contributed by atoms with Crippen LogP contribution < -0.4 is 0 Å². The molecule has 1 aromatic carbocycles. The molecule has 1 aromatic rings. The molecule has 1 heteroatoms. The molecule has 0 aliphatic carbocycles. The minimum Gasteiger partial charge on any atom is -0.207 e. The predicted molar refractivity (Wildman–Crippen MR) is 53.0 cm³/mol. The summed E-state index contributed by atoms with van der Waals surface area (Å²) in [6.07, 6.45) is 5.38. The molecule has 0 heterocycles. The Morgan fingerprint density at radius 3 is 2.46 bits per heavy atom. The maximum Gasteiger partial charge on any atom is 0.126 e. The maximum absolute atomic E-state index is 12.9. The van der Waals surface area contributed by atoms with E-state index in [0.717, 1.165) is 5.56 Å². The van der Waals surface area contributed by atoms with Crippen molar-refractivity contribution < 1.29 is 4.39 Å². The maximum atomic E-state index is 12.9. The van der Waals surface area contributed by atoms with Crippen molar-refractivity contribution in [2.45, 2.75) is 26.2 Å². The van der Waals surface area contributed by atoms with E-state index in [0.29, 0.717) is 5.56 Å². The first-order valence-corrected chi connectivity index (χ1v) is 4.22. The van der Waals surface area contributed by atoms with Gasteiger partial charge in [-0.25, -0.2) is 4.39 Å². The second-order valence-corrected chi connectivity index (χ2v) is 3.73. The topological polar surface area (TPSA) is 0 Å². The van der Waals surface area contributed by atoms with Crippen LogP contribution in [-0.2, 0) is 5.41 Å². The lowest BCUT2D eigenvalue weighted by Gasteiger charge is -2.18. The smallest absolute Gasteiger partial charge is 0.126 e. The predicted octanol–water partition coefficient (Wildman–Crippen LogP) is 3.04. The van der Waals surface area contributed by atoms with Gasteiger partial charge in [0.05, 0.1) is 5.41 Å². The molecule has 0 unspecified atom stereocenters. The van der Waals surface area contributed by atoms with Crippen LogP contribution in [0.5, 0.6) is 0 Å². The molecular weight excluding hydrogens is 163 g/mol. The number of terminal acetylenes is 1. The van der Waals surface area contributed by atoms with Crippen molar-refractivity contribution in [3.05, 3.63) is 35.1 Å². The van der Waals surface area contributed by atoms with Crippen LogP contribution in [0.15, 0.2) is 18.2 Å². The average Bonchev–Trinajstić information content (AvgIpc) is 2.09. The number of rotatable bonds is 1. The number of hydrogen-bond acceptors (Lipinski definition) is 0. The molecule has 0 fully saturated rings. The minimum atomic E-state index is -0.321. The van der Waals surface area contributed by atoms with Crippen molar-refractivity contribution in [1.29, 1.82) is 0 Å². The van der Waals surface area contributed by atoms with Gasteiger partial charge in [-0.15, -0.1) is 6.42 Å². The molecule has 0 radical (unpaired) electrons. The van der Waals surface area contributed by atoms with Crippen LogP contribution in [-0.4, -0.2) is 0 Å². The summed E-state index contributed by atoms with van der Waals surface area (Å²) in [5, 5.41) is 0. The molecule has 68 valence electrons. The van der Waals surface area contributed by atoms with Crippen LogP contribution in [0, 0.1) is 25.1 Å². The number of benzene rings is 1. The van der Waals surface area contributed by atoms with Crippen molar-refractivity contribution in [1.82, 2.24) is 0 Å². The molecule has 0 nitrogen and oxygen atoms in total. The van der Waals surface area contributed by atoms with Crippen LogP contribution in [0.1, 0.15) is 25.0 Å². The SMILES string of the molecule is C#CC(C)(C)c1ccc(F)c(C)c1. The summed E-state index contributed by atoms with van der Waals surface area (Å²) in [6.45, 7) is 5.63. The zero-order valence-corrected chi connectivity index (χ0v) is 8.19. The van der Waals surface area contributed by atoms with E-state index < -0.39 is 0 Å². The Kier molecular flexibility index (Phi) is 2.43. The van der Waals surface area contributed by atoms with E-state index in [-0.39, 0.29) is 11.2 Å². The molecular formula is C12H13F. The van der Waals surface area contributed by atoms with Gasteiger partial charge in [-0.2, -0.15) is 0 Å². The molecule has 13 heavy (non-hydrogen) atoms. The van der Waals surface area contributed by atoms with E-state index in [1.165, 1.54) is 6.07 Å². The third-order valence-corrected chi connectivity index (χ3v) is 2.24. The number of halogens is 1. The second-order valence-electron chi connectivity index (χ2n) is 3.73. The Labute approximate surface area is 78.8 Å². The van der Waals surface area contributed by atoms with Crippen molar-refractivity contribution in [2.75, 3.05) is 0 Å². The van der Waals surface area contributed by atoms with E-state index in [2.05, 4.69) is 5.92 Å². The molecule has 0 aliphatic heterocycles. The molecule has 0 saturated carbocycles. The molecule has 0 amide bonds. The van der Waals surface area contributed by atoms with Gasteiger partial charge in [0.25, 0.3) is 0 Å². The average molecular weight is 176 g/mol. The van der Waals surface area contributed by atoms with Gasteiger partial charge >= 0.3 is 0 Å². The summed E-state index contributed by atoms with van der Waals surface area (Å²) in [7, 11) is 0. The fourth-order valence-corrected chi connectivity index (χ4v) is 1.12. The Balaban J connectivity index is 3.20. The first kappa shape index (κ1) is 9.80. The highest BCUT2D eigenvalue weighted by Gasteiger charge is 2.17. The van der Waals surface area contributed by atoms with Gasteiger partial charge in [-0.1, -0.05) is 18.1 Å². The zero-order chi connectivity index (χ0) is 10.1. The molecule has 0 saturated heterocycles. The summed E-state index contributed by atoms with van der Waals surface area (Å²) in [6, 6.07) is 5.00. The van der Waals surface area contributed by atoms with E-state index in [4.69, 9.17) is 6.42 Å². The van der Waals surface area contributed by atoms with Gasteiger partial charge in [-0.3, -0.25) is 0 Å². The van der Waals surface area contributed by atoms with Crippen LogP contribution >= 0.6 is 0 Å². The fraction of sp³-hybridized carbons (Fsp3) is 0.333. The standard InChI is InChI=1S/C12H13F/c1-5-12(3,4)10-6-7-11(13)9(2)8-10/h1,6-8H,2-4H3. The van der Waals surface area contributed by atoms with E-state index >= 15 is 0 Å². The van der Waals surface area contributed by atoms with Gasteiger partial charge in [0.2, 0.25) is 0 Å². The van der Waals surface area contributed by atoms with Crippen molar-refractivity contribution in [3.8, 4) is 12.3 Å². The lowest BCUT2D eigenvalue weighted by Crippen LogP contribution is -2.14. The summed E-state index contributed by atoms with van der Waals surface area (Å²) in [5.74, 6) is 2.50. The van der Waals surface area contributed by atoms with E-state index in [9.17, 15) is 4.39 Å². The summed E-state index contributed by atoms with van der Waals surface area (Å²) >= 11 is 0. The lowest BCUT2D eigenvalue weighted by atomic mass is 9.85. The third-order valence-electron chi connectivity index (χ3n) is 2.24. The van der Waals surface area contributed by atoms with E-state index in [1.807, 2.05) is 13.8 Å². The summed E-state index contributed by atoms with van der Waals surface area (Å²) in [5.41, 5.74) is 1.30. The Bertz CT molecular complexity index is 356. The number of hydrogen-bond donors (Lipinski definition) is 0. The van der Waals surface area contributed by atoms with Gasteiger partial charge in [0.15, 0.2) is 0 Å². The van der Waals surface area contributed by atoms with Gasteiger partial charge in [0, 0.05) is 0 Å². The number of aryl methyl sites for hydroxylation is 1. The first-order valence-electron chi connectivity index (χ1n) is 4.22. The Morgan fingerprint density at radius 2 is 2.00 bits per heavy atom. The van der Waals surface area contributed by atoms with Crippen molar-refractivity contribution >= 4 is 0 Å². The molecule has 0 spiro atoms. The van der Waals surface area contributed by atoms with Crippen LogP contribution in [0.2, 0.25) is 0 Å². The van der Waals surface area contributed by atoms with Gasteiger partial charge in [0.1, 0.15) is 5.82 Å². The van der Waals surface area contributed by atoms with Crippen LogP contribution in [0.3, 0.4) is 0 Å². The van der Waals surface area contributed by atoms with Gasteiger partial charge < -0.3 is 0 Å². The molecule has 0 N–H and O–H groups in total. The van der Waals surface area contributed by atoms with Crippen LogP contribution in [0.25, 0.3) is 0 Å². The molecule has 0 aliphatic rings. The van der Waals surface area contributed by atoms with Crippen LogP contribution in [0.4, 0.5) is 4.39 Å². The fourth-order valence-electron chi connectivity index (χ4n) is 1.12. The molecule has 0 atom stereocenters. The van der Waals surface area contributed by atoms with E-state index in [1.54, 1.807) is 19.1 Å². The Hall–Kier alpha value is -1.29. The first-order chi connectivity index (χ1) is 5.97. The van der Waals surface area contributed by atoms with Gasteiger partial charge in [-0.05, 0) is 38.0 Å². The second kappa shape index (κ2) is 3.22. The third kappa shape index (κ3) is 1.89. The summed E-state index contributed by atoms with van der Waals surface area (Å²) < 4.78 is 12.9. The monoisotopic (exact) mass is 176 g/mol. The molecule has 0 aromatic heterocycles. The van der Waals surface area contributed by atoms with Crippen molar-refractivity contribution in [3.63, 3.8) is 0 Å². The normalized spacial score (nSPS) is 11.0. The highest BCUT2D eigenvalue weighted by molar-refractivity contribution is 5.35. The Morgan fingerprint density at radius 1 is 1.38 bits per heavy atom. The quantitative estimate of drug-likeness (QED) is 0.577. The molecule has 0 bridgehead atoms. The zero-order valence-electron chi connectivity index (χ0n) is 8.19.